The van der Waals surface area contributed by atoms with E-state index in [0.29, 0.717) is 22.8 Å². The molecule has 2 N–H and O–H groups in total. The van der Waals surface area contributed by atoms with Gasteiger partial charge in [-0.1, -0.05) is 36.4 Å². The number of nitrogens with zero attached hydrogens (tertiary/aromatic N) is 1. The van der Waals surface area contributed by atoms with Crippen molar-refractivity contribution in [1.82, 2.24) is 4.98 Å². The summed E-state index contributed by atoms with van der Waals surface area (Å²) in [5, 5.41) is 2.72. The van der Waals surface area contributed by atoms with Crippen molar-refractivity contribution in [2.45, 2.75) is 13.0 Å². The van der Waals surface area contributed by atoms with Crippen LogP contribution in [-0.4, -0.2) is 25.6 Å². The molecule has 7 nitrogen and oxygen atoms in total. The lowest BCUT2D eigenvalue weighted by Gasteiger charge is -2.14. The number of rotatable bonds is 7. The zero-order chi connectivity index (χ0) is 20.9. The highest BCUT2D eigenvalue weighted by Crippen LogP contribution is 2.21. The Balaban J connectivity index is 1.64. The van der Waals surface area contributed by atoms with Crippen LogP contribution in [0.4, 0.5) is 11.4 Å². The Morgan fingerprint density at radius 1 is 1.00 bits per heavy atom. The fourth-order valence-corrected chi connectivity index (χ4v) is 3.19. The van der Waals surface area contributed by atoms with E-state index < -0.39 is 10.0 Å². The lowest BCUT2D eigenvalue weighted by Crippen LogP contribution is -2.13. The summed E-state index contributed by atoms with van der Waals surface area (Å²) in [4.78, 5) is 16.6. The van der Waals surface area contributed by atoms with E-state index in [4.69, 9.17) is 4.74 Å². The van der Waals surface area contributed by atoms with Crippen LogP contribution < -0.4 is 14.8 Å². The van der Waals surface area contributed by atoms with Crippen LogP contribution in [0.3, 0.4) is 0 Å². The number of anilines is 2. The van der Waals surface area contributed by atoms with Gasteiger partial charge in [-0.25, -0.2) is 13.4 Å². The molecule has 0 aliphatic heterocycles. The van der Waals surface area contributed by atoms with E-state index in [1.54, 1.807) is 30.3 Å². The SMILES string of the molecule is C[C@@H](Oc1ccc(C(=O)Nc2cccc(NS(C)(=O)=O)c2)cn1)c1ccccc1. The van der Waals surface area contributed by atoms with Gasteiger partial charge in [-0.05, 0) is 36.8 Å². The molecule has 8 heteroatoms. The number of hydrogen-bond acceptors (Lipinski definition) is 5. The summed E-state index contributed by atoms with van der Waals surface area (Å²) < 4.78 is 30.8. The highest BCUT2D eigenvalue weighted by atomic mass is 32.2. The molecule has 1 heterocycles. The standard InChI is InChI=1S/C21H21N3O4S/c1-15(16-7-4-3-5-8-16)28-20-12-11-17(14-22-20)21(25)23-18-9-6-10-19(13-18)24-29(2,26)27/h3-15,24H,1-2H3,(H,23,25)/t15-/m1/s1. The summed E-state index contributed by atoms with van der Waals surface area (Å²) in [6, 6.07) is 19.5. The average Bonchev–Trinajstić information content (AvgIpc) is 2.68. The van der Waals surface area contributed by atoms with E-state index in [1.165, 1.54) is 12.3 Å². The van der Waals surface area contributed by atoms with Crippen LogP contribution in [0, 0.1) is 0 Å². The number of nitrogens with one attached hydrogen (secondary N) is 2. The molecule has 3 rings (SSSR count). The van der Waals surface area contributed by atoms with E-state index in [0.717, 1.165) is 11.8 Å². The third kappa shape index (κ3) is 6.05. The molecular formula is C21H21N3O4S. The summed E-state index contributed by atoms with van der Waals surface area (Å²) in [7, 11) is -3.40. The zero-order valence-corrected chi connectivity index (χ0v) is 16.8. The Morgan fingerprint density at radius 2 is 1.72 bits per heavy atom. The predicted octanol–water partition coefficient (Wildman–Crippen LogP) is 3.85. The second-order valence-electron chi connectivity index (χ2n) is 6.47. The predicted molar refractivity (Wildman–Crippen MR) is 113 cm³/mol. The van der Waals surface area contributed by atoms with Crippen molar-refractivity contribution in [2.75, 3.05) is 16.3 Å². The molecule has 0 unspecified atom stereocenters. The quantitative estimate of drug-likeness (QED) is 0.616. The van der Waals surface area contributed by atoms with Gasteiger partial charge in [-0.2, -0.15) is 0 Å². The molecule has 150 valence electrons. The van der Waals surface area contributed by atoms with Gasteiger partial charge in [0.1, 0.15) is 6.10 Å². The monoisotopic (exact) mass is 411 g/mol. The minimum absolute atomic E-state index is 0.173. The summed E-state index contributed by atoms with van der Waals surface area (Å²) in [5.41, 5.74) is 2.20. The fraction of sp³-hybridized carbons (Fsp3) is 0.143. The van der Waals surface area contributed by atoms with Crippen LogP contribution in [0.15, 0.2) is 72.9 Å². The molecule has 0 saturated carbocycles. The van der Waals surface area contributed by atoms with Gasteiger partial charge < -0.3 is 10.1 Å². The fourth-order valence-electron chi connectivity index (χ4n) is 2.64. The number of ether oxygens (including phenoxy) is 1. The van der Waals surface area contributed by atoms with Crippen molar-refractivity contribution < 1.29 is 17.9 Å². The molecule has 0 fully saturated rings. The Labute approximate surface area is 169 Å². The average molecular weight is 411 g/mol. The number of hydrogen-bond donors (Lipinski definition) is 2. The van der Waals surface area contributed by atoms with Crippen molar-refractivity contribution in [3.05, 3.63) is 84.1 Å². The van der Waals surface area contributed by atoms with Crippen LogP contribution in [-0.2, 0) is 10.0 Å². The Hall–Kier alpha value is -3.39. The molecule has 2 aromatic carbocycles. The molecule has 0 spiro atoms. The number of sulfonamides is 1. The van der Waals surface area contributed by atoms with E-state index in [1.807, 2.05) is 37.3 Å². The largest absolute Gasteiger partial charge is 0.470 e. The van der Waals surface area contributed by atoms with E-state index in [2.05, 4.69) is 15.0 Å². The summed E-state index contributed by atoms with van der Waals surface area (Å²) in [6.07, 6.45) is 2.32. The Morgan fingerprint density at radius 3 is 2.38 bits per heavy atom. The molecule has 1 atom stereocenters. The smallest absolute Gasteiger partial charge is 0.257 e. The first-order valence-electron chi connectivity index (χ1n) is 8.87. The first-order chi connectivity index (χ1) is 13.8. The van der Waals surface area contributed by atoms with Crippen LogP contribution in [0.2, 0.25) is 0 Å². The summed E-state index contributed by atoms with van der Waals surface area (Å²) >= 11 is 0. The Bertz CT molecular complexity index is 1080. The number of carbonyl (C=O) groups is 1. The molecule has 29 heavy (non-hydrogen) atoms. The highest BCUT2D eigenvalue weighted by molar-refractivity contribution is 7.92. The lowest BCUT2D eigenvalue weighted by molar-refractivity contribution is 0.102. The molecule has 3 aromatic rings. The van der Waals surface area contributed by atoms with Gasteiger partial charge in [0.25, 0.3) is 5.91 Å². The first kappa shape index (κ1) is 20.3. The van der Waals surface area contributed by atoms with Gasteiger partial charge in [0, 0.05) is 18.0 Å². The number of carbonyl (C=O) groups excluding carboxylic acids is 1. The summed E-state index contributed by atoms with van der Waals surface area (Å²) in [6.45, 7) is 1.93. The maximum Gasteiger partial charge on any atom is 0.257 e. The number of benzene rings is 2. The van der Waals surface area contributed by atoms with E-state index >= 15 is 0 Å². The van der Waals surface area contributed by atoms with Gasteiger partial charge in [-0.15, -0.1) is 0 Å². The van der Waals surface area contributed by atoms with Crippen molar-refractivity contribution in [3.8, 4) is 5.88 Å². The van der Waals surface area contributed by atoms with Gasteiger partial charge in [0.05, 0.1) is 17.5 Å². The second kappa shape index (κ2) is 8.74. The normalized spacial score (nSPS) is 12.1. The number of aromatic nitrogens is 1. The highest BCUT2D eigenvalue weighted by Gasteiger charge is 2.11. The van der Waals surface area contributed by atoms with Crippen molar-refractivity contribution in [3.63, 3.8) is 0 Å². The van der Waals surface area contributed by atoms with E-state index in [9.17, 15) is 13.2 Å². The molecular weight excluding hydrogens is 390 g/mol. The Kier molecular flexibility index (Phi) is 6.13. The minimum atomic E-state index is -3.40. The van der Waals surface area contributed by atoms with Crippen molar-refractivity contribution in [2.24, 2.45) is 0 Å². The second-order valence-corrected chi connectivity index (χ2v) is 8.21. The molecule has 0 saturated heterocycles. The lowest BCUT2D eigenvalue weighted by atomic mass is 10.1. The van der Waals surface area contributed by atoms with Gasteiger partial charge in [-0.3, -0.25) is 9.52 Å². The zero-order valence-electron chi connectivity index (χ0n) is 16.0. The molecule has 0 bridgehead atoms. The van der Waals surface area contributed by atoms with E-state index in [-0.39, 0.29) is 12.0 Å². The van der Waals surface area contributed by atoms with Crippen LogP contribution in [0.5, 0.6) is 5.88 Å². The third-order valence-electron chi connectivity index (χ3n) is 3.99. The topological polar surface area (TPSA) is 97.4 Å². The maximum atomic E-state index is 12.4. The van der Waals surface area contributed by atoms with Crippen molar-refractivity contribution >= 4 is 27.3 Å². The number of pyridine rings is 1. The first-order valence-corrected chi connectivity index (χ1v) is 10.8. The molecule has 1 amide bonds. The van der Waals surface area contributed by atoms with Gasteiger partial charge in [0.15, 0.2) is 0 Å². The van der Waals surface area contributed by atoms with Crippen LogP contribution in [0.1, 0.15) is 28.9 Å². The molecule has 0 aliphatic carbocycles. The summed E-state index contributed by atoms with van der Waals surface area (Å²) in [5.74, 6) is 0.0499. The van der Waals surface area contributed by atoms with Gasteiger partial charge >= 0.3 is 0 Å². The van der Waals surface area contributed by atoms with Crippen LogP contribution >= 0.6 is 0 Å². The van der Waals surface area contributed by atoms with Crippen LogP contribution in [0.25, 0.3) is 0 Å². The minimum Gasteiger partial charge on any atom is -0.470 e. The number of amides is 1. The molecule has 0 radical (unpaired) electrons. The molecule has 0 aliphatic rings. The third-order valence-corrected chi connectivity index (χ3v) is 4.60. The van der Waals surface area contributed by atoms with Gasteiger partial charge in [0.2, 0.25) is 15.9 Å². The molecule has 1 aromatic heterocycles. The maximum absolute atomic E-state index is 12.4. The van der Waals surface area contributed by atoms with Crippen molar-refractivity contribution in [1.29, 1.82) is 0 Å².